The molecule has 3 N–H and O–H groups in total. The highest BCUT2D eigenvalue weighted by Gasteiger charge is 2.31. The quantitative estimate of drug-likeness (QED) is 0.629. The second-order valence-corrected chi connectivity index (χ2v) is 3.70. The lowest BCUT2D eigenvalue weighted by molar-refractivity contribution is -0.137. The maximum atomic E-state index is 10.7. The van der Waals surface area contributed by atoms with E-state index in [0.29, 0.717) is 5.92 Å². The first-order chi connectivity index (χ1) is 6.13. The molecule has 0 heterocycles. The largest absolute Gasteiger partial charge is 0.367 e. The monoisotopic (exact) mass is 186 g/mol. The van der Waals surface area contributed by atoms with E-state index in [2.05, 4.69) is 5.32 Å². The molecule has 0 aromatic heterocycles. The van der Waals surface area contributed by atoms with Crippen molar-refractivity contribution in [1.29, 1.82) is 0 Å². The SMILES string of the molecule is CNCC1CC(OC(C)C(N)=O)C1. The smallest absolute Gasteiger partial charge is 0.246 e. The lowest BCUT2D eigenvalue weighted by Crippen LogP contribution is -2.41. The van der Waals surface area contributed by atoms with Crippen molar-refractivity contribution in [3.05, 3.63) is 0 Å². The Balaban J connectivity index is 2.11. The normalized spacial score (nSPS) is 29.4. The van der Waals surface area contributed by atoms with Crippen LogP contribution in [0.3, 0.4) is 0 Å². The van der Waals surface area contributed by atoms with E-state index in [1.54, 1.807) is 6.92 Å². The van der Waals surface area contributed by atoms with Crippen molar-refractivity contribution in [2.24, 2.45) is 11.7 Å². The van der Waals surface area contributed by atoms with Crippen LogP contribution in [-0.2, 0) is 9.53 Å². The first kappa shape index (κ1) is 10.5. The number of amides is 1. The molecule has 1 atom stereocenters. The van der Waals surface area contributed by atoms with Crippen LogP contribution in [0, 0.1) is 5.92 Å². The predicted molar refractivity (Wildman–Crippen MR) is 50.2 cm³/mol. The van der Waals surface area contributed by atoms with Gasteiger partial charge in [-0.1, -0.05) is 0 Å². The number of ether oxygens (including phenoxy) is 1. The van der Waals surface area contributed by atoms with Crippen molar-refractivity contribution in [2.45, 2.75) is 32.0 Å². The predicted octanol–water partition coefficient (Wildman–Crippen LogP) is -0.125. The van der Waals surface area contributed by atoms with Crippen LogP contribution >= 0.6 is 0 Å². The average molecular weight is 186 g/mol. The molecular weight excluding hydrogens is 168 g/mol. The summed E-state index contributed by atoms with van der Waals surface area (Å²) in [4.78, 5) is 10.7. The van der Waals surface area contributed by atoms with Gasteiger partial charge in [-0.3, -0.25) is 4.79 Å². The van der Waals surface area contributed by atoms with E-state index in [-0.39, 0.29) is 12.0 Å². The van der Waals surface area contributed by atoms with E-state index in [1.165, 1.54) is 0 Å². The van der Waals surface area contributed by atoms with Crippen molar-refractivity contribution in [2.75, 3.05) is 13.6 Å². The zero-order valence-electron chi connectivity index (χ0n) is 8.25. The molecule has 1 unspecified atom stereocenters. The molecule has 0 aromatic carbocycles. The van der Waals surface area contributed by atoms with Crippen molar-refractivity contribution in [3.8, 4) is 0 Å². The number of carbonyl (C=O) groups is 1. The number of hydrogen-bond acceptors (Lipinski definition) is 3. The molecule has 0 bridgehead atoms. The molecule has 1 saturated carbocycles. The van der Waals surface area contributed by atoms with E-state index in [9.17, 15) is 4.79 Å². The Morgan fingerprint density at radius 2 is 2.31 bits per heavy atom. The summed E-state index contributed by atoms with van der Waals surface area (Å²) in [5.41, 5.74) is 5.08. The Hall–Kier alpha value is -0.610. The van der Waals surface area contributed by atoms with Gasteiger partial charge in [-0.25, -0.2) is 0 Å². The molecule has 1 amide bonds. The Morgan fingerprint density at radius 3 is 2.77 bits per heavy atom. The van der Waals surface area contributed by atoms with Crippen molar-refractivity contribution in [3.63, 3.8) is 0 Å². The third-order valence-corrected chi connectivity index (χ3v) is 2.48. The second kappa shape index (κ2) is 4.58. The van der Waals surface area contributed by atoms with Gasteiger partial charge in [-0.15, -0.1) is 0 Å². The number of nitrogens with one attached hydrogen (secondary N) is 1. The van der Waals surface area contributed by atoms with Crippen molar-refractivity contribution >= 4 is 5.91 Å². The van der Waals surface area contributed by atoms with Crippen LogP contribution in [0.1, 0.15) is 19.8 Å². The summed E-state index contributed by atoms with van der Waals surface area (Å²) < 4.78 is 5.42. The molecule has 0 aliphatic heterocycles. The lowest BCUT2D eigenvalue weighted by atomic mass is 9.82. The standard InChI is InChI=1S/C9H18N2O2/c1-6(9(10)12)13-8-3-7(4-8)5-11-2/h6-8,11H,3-5H2,1-2H3,(H2,10,12). The molecule has 4 nitrogen and oxygen atoms in total. The third-order valence-electron chi connectivity index (χ3n) is 2.48. The van der Waals surface area contributed by atoms with E-state index in [1.807, 2.05) is 7.05 Å². The third kappa shape index (κ3) is 2.97. The van der Waals surface area contributed by atoms with Gasteiger partial charge in [0.15, 0.2) is 0 Å². The minimum absolute atomic E-state index is 0.237. The maximum Gasteiger partial charge on any atom is 0.246 e. The first-order valence-corrected chi connectivity index (χ1v) is 4.73. The number of nitrogens with two attached hydrogens (primary N) is 1. The fourth-order valence-corrected chi connectivity index (χ4v) is 1.60. The highest BCUT2D eigenvalue weighted by atomic mass is 16.5. The average Bonchev–Trinajstić information content (AvgIpc) is 2.00. The van der Waals surface area contributed by atoms with Gasteiger partial charge >= 0.3 is 0 Å². The Morgan fingerprint density at radius 1 is 1.69 bits per heavy atom. The second-order valence-electron chi connectivity index (χ2n) is 3.70. The molecule has 0 radical (unpaired) electrons. The molecule has 76 valence electrons. The molecule has 1 fully saturated rings. The highest BCUT2D eigenvalue weighted by molar-refractivity contribution is 5.78. The summed E-state index contributed by atoms with van der Waals surface area (Å²) in [6, 6.07) is 0. The minimum atomic E-state index is -0.444. The van der Waals surface area contributed by atoms with Crippen LogP contribution in [0.25, 0.3) is 0 Å². The number of carbonyl (C=O) groups excluding carboxylic acids is 1. The van der Waals surface area contributed by atoms with Crippen LogP contribution in [0.15, 0.2) is 0 Å². The van der Waals surface area contributed by atoms with Gasteiger partial charge in [-0.05, 0) is 39.3 Å². The summed E-state index contributed by atoms with van der Waals surface area (Å²) >= 11 is 0. The van der Waals surface area contributed by atoms with Crippen LogP contribution < -0.4 is 11.1 Å². The van der Waals surface area contributed by atoms with E-state index >= 15 is 0 Å². The van der Waals surface area contributed by atoms with Gasteiger partial charge in [0.1, 0.15) is 6.10 Å². The van der Waals surface area contributed by atoms with Crippen LogP contribution in [0.5, 0.6) is 0 Å². The molecule has 1 aliphatic rings. The van der Waals surface area contributed by atoms with Gasteiger partial charge in [0.05, 0.1) is 6.10 Å². The Kier molecular flexibility index (Phi) is 3.69. The zero-order valence-corrected chi connectivity index (χ0v) is 8.25. The molecule has 4 heteroatoms. The first-order valence-electron chi connectivity index (χ1n) is 4.73. The molecule has 1 rings (SSSR count). The molecule has 0 saturated heterocycles. The highest BCUT2D eigenvalue weighted by Crippen LogP contribution is 2.30. The Bertz CT molecular complexity index is 178. The topological polar surface area (TPSA) is 64.3 Å². The van der Waals surface area contributed by atoms with Crippen molar-refractivity contribution < 1.29 is 9.53 Å². The van der Waals surface area contributed by atoms with Crippen LogP contribution in [-0.4, -0.2) is 31.7 Å². The molecule has 0 spiro atoms. The fourth-order valence-electron chi connectivity index (χ4n) is 1.60. The van der Waals surface area contributed by atoms with Gasteiger partial charge in [-0.2, -0.15) is 0 Å². The minimum Gasteiger partial charge on any atom is -0.367 e. The number of primary amides is 1. The lowest BCUT2D eigenvalue weighted by Gasteiger charge is -2.36. The van der Waals surface area contributed by atoms with Gasteiger partial charge in [0.2, 0.25) is 5.91 Å². The zero-order chi connectivity index (χ0) is 9.84. The summed E-state index contributed by atoms with van der Waals surface area (Å²) in [6.45, 7) is 2.73. The van der Waals surface area contributed by atoms with Crippen LogP contribution in [0.2, 0.25) is 0 Å². The summed E-state index contributed by atoms with van der Waals surface area (Å²) in [6.07, 6.45) is 1.87. The summed E-state index contributed by atoms with van der Waals surface area (Å²) in [5.74, 6) is 0.326. The fraction of sp³-hybridized carbons (Fsp3) is 0.889. The molecular formula is C9H18N2O2. The summed E-state index contributed by atoms with van der Waals surface area (Å²) in [5, 5.41) is 3.12. The van der Waals surface area contributed by atoms with Gasteiger partial charge in [0.25, 0.3) is 0 Å². The number of rotatable bonds is 5. The number of hydrogen-bond donors (Lipinski definition) is 2. The Labute approximate surface area is 78.8 Å². The van der Waals surface area contributed by atoms with E-state index < -0.39 is 6.10 Å². The van der Waals surface area contributed by atoms with Gasteiger partial charge < -0.3 is 15.8 Å². The summed E-state index contributed by atoms with van der Waals surface area (Å²) in [7, 11) is 1.94. The van der Waals surface area contributed by atoms with E-state index in [4.69, 9.17) is 10.5 Å². The molecule has 1 aliphatic carbocycles. The molecule has 13 heavy (non-hydrogen) atoms. The van der Waals surface area contributed by atoms with Gasteiger partial charge in [0, 0.05) is 0 Å². The maximum absolute atomic E-state index is 10.7. The van der Waals surface area contributed by atoms with Crippen LogP contribution in [0.4, 0.5) is 0 Å². The van der Waals surface area contributed by atoms with E-state index in [0.717, 1.165) is 19.4 Å². The molecule has 0 aromatic rings. The van der Waals surface area contributed by atoms with Crippen molar-refractivity contribution in [1.82, 2.24) is 5.32 Å².